The molecular weight excluding hydrogens is 702 g/mol. The van der Waals surface area contributed by atoms with Crippen LogP contribution >= 0.6 is 17.0 Å². The number of hydrogen-bond donors (Lipinski definition) is 1. The zero-order valence-electron chi connectivity index (χ0n) is 24.1. The van der Waals surface area contributed by atoms with Crippen molar-refractivity contribution in [2.75, 3.05) is 0 Å². The van der Waals surface area contributed by atoms with E-state index in [0.29, 0.717) is 17.7 Å². The molecule has 0 atom stereocenters. The first kappa shape index (κ1) is 36.6. The van der Waals surface area contributed by atoms with Crippen LogP contribution in [0, 0.1) is 0 Å². The summed E-state index contributed by atoms with van der Waals surface area (Å²) < 4.78 is 80.5. The molecule has 1 aliphatic rings. The molecule has 3 aromatic rings. The van der Waals surface area contributed by atoms with Crippen molar-refractivity contribution in [2.45, 2.75) is 88.9 Å². The van der Waals surface area contributed by atoms with Gasteiger partial charge >= 0.3 is 50.2 Å². The van der Waals surface area contributed by atoms with Crippen molar-refractivity contribution in [3.8, 4) is 16.9 Å². The fraction of sp³-hybridized carbons (Fsp3) is 0.424. The van der Waals surface area contributed by atoms with Crippen LogP contribution in [0.1, 0.15) is 98.8 Å². The number of hydrogen-bond acceptors (Lipinski definition) is 2. The second kappa shape index (κ2) is 17.8. The third-order valence-electron chi connectivity index (χ3n) is 7.79. The topological polar surface area (TPSA) is 32.6 Å². The maximum absolute atomic E-state index is 13.4. The van der Waals surface area contributed by atoms with E-state index in [1.165, 1.54) is 38.3 Å². The molecule has 0 aliphatic heterocycles. The number of rotatable bonds is 4. The molecule has 44 heavy (non-hydrogen) atoms. The average Bonchev–Trinajstić information content (AvgIpc) is 2.97. The number of halogens is 8. The van der Waals surface area contributed by atoms with Crippen LogP contribution in [-0.2, 0) is 33.2 Å². The third-order valence-corrected chi connectivity index (χ3v) is 7.79. The maximum atomic E-state index is 13.4. The molecule has 2 nitrogen and oxygen atoms in total. The Kier molecular flexibility index (Phi) is 14.8. The Balaban J connectivity index is 0.00000169. The van der Waals surface area contributed by atoms with Gasteiger partial charge < -0.3 is 5.11 Å². The van der Waals surface area contributed by atoms with Crippen molar-refractivity contribution >= 4 is 28.9 Å². The van der Waals surface area contributed by atoms with E-state index in [4.69, 9.17) is 17.0 Å². The van der Waals surface area contributed by atoms with E-state index in [1.54, 1.807) is 0 Å². The molecule has 0 unspecified atom stereocenters. The molecule has 1 fully saturated rings. The second-order valence-corrected chi connectivity index (χ2v) is 14.6. The predicted molar refractivity (Wildman–Crippen MR) is 162 cm³/mol. The third kappa shape index (κ3) is 11.2. The Bertz CT molecular complexity index is 1300. The number of aliphatic imine (C=N–C) groups is 1. The van der Waals surface area contributed by atoms with Gasteiger partial charge in [-0.25, -0.2) is 0 Å². The second-order valence-electron chi connectivity index (χ2n) is 10.9. The average molecular weight is 738 g/mol. The van der Waals surface area contributed by atoms with Crippen molar-refractivity contribution in [1.82, 2.24) is 0 Å². The van der Waals surface area contributed by atoms with Crippen LogP contribution in [0.25, 0.3) is 11.1 Å². The van der Waals surface area contributed by atoms with E-state index in [-0.39, 0.29) is 23.3 Å². The number of phenols is 1. The molecule has 11 heteroatoms. The van der Waals surface area contributed by atoms with Gasteiger partial charge in [-0.15, -0.1) is 0 Å². The van der Waals surface area contributed by atoms with Crippen LogP contribution in [0.5, 0.6) is 5.75 Å². The van der Waals surface area contributed by atoms with Crippen LogP contribution in [0.4, 0.5) is 32.0 Å². The number of nitrogens with zero attached hydrogens (tertiary/aromatic N) is 1. The van der Waals surface area contributed by atoms with Crippen molar-refractivity contribution in [3.05, 3.63) is 82.9 Å². The van der Waals surface area contributed by atoms with E-state index in [0.717, 1.165) is 49.7 Å². The van der Waals surface area contributed by atoms with Crippen LogP contribution in [0.3, 0.4) is 0 Å². The molecule has 238 valence electrons. The van der Waals surface area contributed by atoms with E-state index in [9.17, 15) is 31.4 Å². The van der Waals surface area contributed by atoms with Gasteiger partial charge in [0, 0.05) is 11.8 Å². The minimum atomic E-state index is -4.98. The van der Waals surface area contributed by atoms with Gasteiger partial charge in [0.25, 0.3) is 0 Å². The molecule has 0 spiro atoms. The summed E-state index contributed by atoms with van der Waals surface area (Å²) in [4.78, 5) is 4.06. The standard InChI is InChI=1S/C33H35F6NO.2ClH.Zr/c34-32(35,36)25-19-26(33(37,38)39)21-27(20-25)40-22-30-28(23-13-11-8-12-14-23)17-18-29(31(30)41)24-15-9-6-4-2-1-3-5-7-10-16-24;;;/h8,11-14,17-22,24,41H,1-7,9-10,15-16H2;2*1H;/q;;;+2/p-2. The van der Waals surface area contributed by atoms with Gasteiger partial charge in [0.05, 0.1) is 16.8 Å². The monoisotopic (exact) mass is 735 g/mol. The fourth-order valence-corrected chi connectivity index (χ4v) is 5.58. The zero-order valence-corrected chi connectivity index (χ0v) is 28.1. The molecule has 3 aromatic carbocycles. The first-order valence-electron chi connectivity index (χ1n) is 14.7. The molecule has 1 aliphatic carbocycles. The van der Waals surface area contributed by atoms with E-state index < -0.39 is 50.0 Å². The molecule has 1 saturated carbocycles. The number of aromatic hydroxyl groups is 1. The summed E-state index contributed by atoms with van der Waals surface area (Å²) in [5.41, 5.74) is -1.03. The summed E-state index contributed by atoms with van der Waals surface area (Å²) in [5, 5.41) is 11.6. The Morgan fingerprint density at radius 1 is 0.705 bits per heavy atom. The molecule has 0 amide bonds. The van der Waals surface area contributed by atoms with Gasteiger partial charge in [-0.1, -0.05) is 100 Å². The molecule has 4 rings (SSSR count). The van der Waals surface area contributed by atoms with E-state index >= 15 is 0 Å². The summed E-state index contributed by atoms with van der Waals surface area (Å²) in [5.74, 6) is 0.0620. The molecule has 0 heterocycles. The Hall–Kier alpha value is -1.83. The first-order valence-corrected chi connectivity index (χ1v) is 21.0. The van der Waals surface area contributed by atoms with Gasteiger partial charge in [0.2, 0.25) is 0 Å². The van der Waals surface area contributed by atoms with Crippen LogP contribution in [0.2, 0.25) is 0 Å². The van der Waals surface area contributed by atoms with E-state index in [2.05, 4.69) is 4.99 Å². The molecular formula is C33H35Cl2F6NOZr. The Morgan fingerprint density at radius 2 is 1.18 bits per heavy atom. The predicted octanol–water partition coefficient (Wildman–Crippen LogP) is 12.6. The van der Waals surface area contributed by atoms with Crippen LogP contribution in [0.15, 0.2) is 65.7 Å². The van der Waals surface area contributed by atoms with Crippen molar-refractivity contribution < 1.29 is 52.3 Å². The molecule has 0 radical (unpaired) electrons. The summed E-state index contributed by atoms with van der Waals surface area (Å²) in [6, 6.07) is 14.1. The molecule has 0 bridgehead atoms. The van der Waals surface area contributed by atoms with Gasteiger partial charge in [-0.2, -0.15) is 26.3 Å². The quantitative estimate of drug-likeness (QED) is 0.210. The number of phenolic OH excluding ortho intramolecular Hbond substituents is 1. The summed E-state index contributed by atoms with van der Waals surface area (Å²) >= 11 is -0.826. The van der Waals surface area contributed by atoms with Crippen molar-refractivity contribution in [3.63, 3.8) is 0 Å². The normalized spacial score (nSPS) is 16.0. The zero-order chi connectivity index (χ0) is 32.2. The van der Waals surface area contributed by atoms with Crippen molar-refractivity contribution in [2.24, 2.45) is 4.99 Å². The summed E-state index contributed by atoms with van der Waals surface area (Å²) in [7, 11) is 9.87. The van der Waals surface area contributed by atoms with Crippen LogP contribution in [-0.4, -0.2) is 11.3 Å². The molecule has 0 saturated heterocycles. The number of alkyl halides is 6. The van der Waals surface area contributed by atoms with Crippen molar-refractivity contribution in [1.29, 1.82) is 0 Å². The van der Waals surface area contributed by atoms with Gasteiger partial charge in [-0.05, 0) is 53.6 Å². The number of benzene rings is 3. The SMILES string of the molecule is Oc1c(C2CCCCCCCCCCC2)ccc(-c2ccccc2)c1C=Nc1cc(C(F)(F)F)cc(C(F)(F)F)c1.[Cl][Zr][Cl]. The first-order chi connectivity index (χ1) is 21.0. The fourth-order valence-electron chi connectivity index (χ4n) is 5.58. The Morgan fingerprint density at radius 3 is 1.66 bits per heavy atom. The van der Waals surface area contributed by atoms with Crippen LogP contribution < -0.4 is 0 Å². The van der Waals surface area contributed by atoms with Gasteiger partial charge in [-0.3, -0.25) is 4.99 Å². The Labute approximate surface area is 273 Å². The minimum absolute atomic E-state index is 0.0322. The van der Waals surface area contributed by atoms with Gasteiger partial charge in [0.1, 0.15) is 5.75 Å². The summed E-state index contributed by atoms with van der Waals surface area (Å²) in [6.45, 7) is 0. The molecule has 1 N–H and O–H groups in total. The van der Waals surface area contributed by atoms with E-state index in [1.807, 2.05) is 42.5 Å². The summed E-state index contributed by atoms with van der Waals surface area (Å²) in [6.07, 6.45) is 3.41. The molecule has 0 aromatic heterocycles. The van der Waals surface area contributed by atoms with Gasteiger partial charge in [0.15, 0.2) is 0 Å².